The minimum Gasteiger partial charge on any atom is -0.497 e. The summed E-state index contributed by atoms with van der Waals surface area (Å²) in [5.41, 5.74) is 2.99. The van der Waals surface area contributed by atoms with Crippen LogP contribution >= 0.6 is 11.6 Å². The number of fused-ring (bicyclic) bond motifs is 1. The third-order valence-corrected chi connectivity index (χ3v) is 4.38. The zero-order valence-corrected chi connectivity index (χ0v) is 13.7. The van der Waals surface area contributed by atoms with Gasteiger partial charge in [-0.1, -0.05) is 29.8 Å². The van der Waals surface area contributed by atoms with Gasteiger partial charge in [-0.15, -0.1) is 0 Å². The fourth-order valence-electron chi connectivity index (χ4n) is 2.81. The van der Waals surface area contributed by atoms with E-state index < -0.39 is 0 Å². The standard InChI is InChI=1S/C18H15ClN4O/c1-24-13-8-6-12(7-9-13)16-10-17(14-4-2-3-5-15(14)19)23-18(22-16)20-11-21-23/h2-11,17H,1H3,(H,20,21,22)/t17-/m1/s1. The summed E-state index contributed by atoms with van der Waals surface area (Å²) in [5.74, 6) is 1.51. The molecular formula is C18H15ClN4O. The summed E-state index contributed by atoms with van der Waals surface area (Å²) in [6.45, 7) is 0. The largest absolute Gasteiger partial charge is 0.497 e. The number of hydrogen-bond donors (Lipinski definition) is 1. The maximum atomic E-state index is 6.40. The number of anilines is 1. The topological polar surface area (TPSA) is 52.0 Å². The van der Waals surface area contributed by atoms with Gasteiger partial charge in [0.25, 0.3) is 0 Å². The highest BCUT2D eigenvalue weighted by Crippen LogP contribution is 2.35. The number of ether oxygens (including phenoxy) is 1. The second kappa shape index (κ2) is 6.02. The van der Waals surface area contributed by atoms with Crippen molar-refractivity contribution in [3.8, 4) is 5.75 Å². The van der Waals surface area contributed by atoms with Gasteiger partial charge in [0.05, 0.1) is 7.11 Å². The number of methoxy groups -OCH3 is 1. The molecule has 0 fully saturated rings. The van der Waals surface area contributed by atoms with Crippen LogP contribution in [0, 0.1) is 0 Å². The molecule has 2 heterocycles. The van der Waals surface area contributed by atoms with Crippen LogP contribution in [0.25, 0.3) is 5.70 Å². The second-order valence-corrected chi connectivity index (χ2v) is 5.84. The van der Waals surface area contributed by atoms with Crippen molar-refractivity contribution in [3.05, 3.63) is 77.1 Å². The molecular weight excluding hydrogens is 324 g/mol. The van der Waals surface area contributed by atoms with Crippen molar-refractivity contribution in [2.75, 3.05) is 12.4 Å². The highest BCUT2D eigenvalue weighted by Gasteiger charge is 2.24. The molecule has 1 aliphatic heterocycles. The number of allylic oxidation sites excluding steroid dienone is 1. The number of nitrogens with one attached hydrogen (secondary N) is 1. The van der Waals surface area contributed by atoms with Crippen LogP contribution in [0.4, 0.5) is 5.95 Å². The first-order valence-electron chi connectivity index (χ1n) is 7.53. The van der Waals surface area contributed by atoms with E-state index in [9.17, 15) is 0 Å². The summed E-state index contributed by atoms with van der Waals surface area (Å²) >= 11 is 6.40. The third kappa shape index (κ3) is 2.53. The van der Waals surface area contributed by atoms with Gasteiger partial charge in [-0.25, -0.2) is 4.68 Å². The van der Waals surface area contributed by atoms with E-state index in [0.29, 0.717) is 11.0 Å². The van der Waals surface area contributed by atoms with E-state index in [0.717, 1.165) is 22.6 Å². The van der Waals surface area contributed by atoms with Gasteiger partial charge in [-0.2, -0.15) is 10.1 Å². The molecule has 4 rings (SSSR count). The van der Waals surface area contributed by atoms with Gasteiger partial charge in [-0.3, -0.25) is 0 Å². The number of nitrogens with zero attached hydrogens (tertiary/aromatic N) is 3. The molecule has 2 aromatic carbocycles. The minimum atomic E-state index is -0.116. The number of halogens is 1. The van der Waals surface area contributed by atoms with Crippen LogP contribution in [0.15, 0.2) is 60.9 Å². The summed E-state index contributed by atoms with van der Waals surface area (Å²) < 4.78 is 7.05. The molecule has 1 atom stereocenters. The number of aromatic nitrogens is 3. The van der Waals surface area contributed by atoms with E-state index in [-0.39, 0.29) is 6.04 Å². The van der Waals surface area contributed by atoms with Crippen LogP contribution in [0.5, 0.6) is 5.75 Å². The van der Waals surface area contributed by atoms with Crippen LogP contribution in [0.3, 0.4) is 0 Å². The molecule has 0 unspecified atom stereocenters. The molecule has 0 saturated heterocycles. The molecule has 0 amide bonds. The lowest BCUT2D eigenvalue weighted by Crippen LogP contribution is -2.20. The van der Waals surface area contributed by atoms with E-state index in [1.165, 1.54) is 6.33 Å². The van der Waals surface area contributed by atoms with Crippen LogP contribution in [0.2, 0.25) is 5.02 Å². The van der Waals surface area contributed by atoms with Crippen molar-refractivity contribution in [1.29, 1.82) is 0 Å². The van der Waals surface area contributed by atoms with Crippen molar-refractivity contribution in [2.45, 2.75) is 6.04 Å². The molecule has 5 nitrogen and oxygen atoms in total. The molecule has 0 spiro atoms. The van der Waals surface area contributed by atoms with Gasteiger partial charge >= 0.3 is 0 Å². The molecule has 0 radical (unpaired) electrons. The van der Waals surface area contributed by atoms with Gasteiger partial charge in [0.15, 0.2) is 0 Å². The Labute approximate surface area is 144 Å². The molecule has 6 heteroatoms. The summed E-state index contributed by atoms with van der Waals surface area (Å²) in [4.78, 5) is 4.30. The summed E-state index contributed by atoms with van der Waals surface area (Å²) in [5, 5.41) is 8.35. The Morgan fingerprint density at radius 1 is 1.12 bits per heavy atom. The third-order valence-electron chi connectivity index (χ3n) is 4.03. The molecule has 1 aromatic heterocycles. The molecule has 3 aromatic rings. The Bertz CT molecular complexity index is 901. The van der Waals surface area contributed by atoms with Crippen molar-refractivity contribution in [1.82, 2.24) is 14.8 Å². The first-order valence-corrected chi connectivity index (χ1v) is 7.91. The van der Waals surface area contributed by atoms with E-state index >= 15 is 0 Å². The quantitative estimate of drug-likeness (QED) is 0.784. The van der Waals surface area contributed by atoms with Crippen molar-refractivity contribution < 1.29 is 4.74 Å². The predicted octanol–water partition coefficient (Wildman–Crippen LogP) is 4.00. The Morgan fingerprint density at radius 3 is 2.67 bits per heavy atom. The molecule has 1 N–H and O–H groups in total. The fraction of sp³-hybridized carbons (Fsp3) is 0.111. The highest BCUT2D eigenvalue weighted by atomic mass is 35.5. The lowest BCUT2D eigenvalue weighted by molar-refractivity contribution is 0.415. The van der Waals surface area contributed by atoms with Crippen molar-refractivity contribution >= 4 is 23.2 Å². The zero-order chi connectivity index (χ0) is 16.5. The second-order valence-electron chi connectivity index (χ2n) is 5.43. The monoisotopic (exact) mass is 338 g/mol. The highest BCUT2D eigenvalue weighted by molar-refractivity contribution is 6.31. The van der Waals surface area contributed by atoms with Crippen LogP contribution in [-0.2, 0) is 0 Å². The van der Waals surface area contributed by atoms with E-state index in [4.69, 9.17) is 16.3 Å². The summed E-state index contributed by atoms with van der Waals surface area (Å²) in [7, 11) is 1.66. The average Bonchev–Trinajstić information content (AvgIpc) is 3.10. The lowest BCUT2D eigenvalue weighted by Gasteiger charge is -2.25. The predicted molar refractivity (Wildman–Crippen MR) is 94.2 cm³/mol. The molecule has 120 valence electrons. The van der Waals surface area contributed by atoms with Crippen LogP contribution in [0.1, 0.15) is 17.2 Å². The van der Waals surface area contributed by atoms with Crippen molar-refractivity contribution in [3.63, 3.8) is 0 Å². The van der Waals surface area contributed by atoms with Gasteiger partial charge in [0.1, 0.15) is 18.1 Å². The first-order chi connectivity index (χ1) is 11.8. The Kier molecular flexibility index (Phi) is 3.70. The smallest absolute Gasteiger partial charge is 0.226 e. The van der Waals surface area contributed by atoms with E-state index in [2.05, 4.69) is 21.5 Å². The van der Waals surface area contributed by atoms with Crippen LogP contribution in [-0.4, -0.2) is 21.9 Å². The van der Waals surface area contributed by atoms with Crippen molar-refractivity contribution in [2.24, 2.45) is 0 Å². The van der Waals surface area contributed by atoms with Gasteiger partial charge < -0.3 is 10.1 Å². The average molecular weight is 339 g/mol. The molecule has 0 bridgehead atoms. The van der Waals surface area contributed by atoms with E-state index in [1.54, 1.807) is 7.11 Å². The maximum Gasteiger partial charge on any atom is 0.226 e. The molecule has 0 aliphatic carbocycles. The minimum absolute atomic E-state index is 0.116. The number of hydrogen-bond acceptors (Lipinski definition) is 4. The van der Waals surface area contributed by atoms with Gasteiger partial charge in [0.2, 0.25) is 5.95 Å². The van der Waals surface area contributed by atoms with Crippen LogP contribution < -0.4 is 10.1 Å². The fourth-order valence-corrected chi connectivity index (χ4v) is 3.06. The molecule has 1 aliphatic rings. The molecule has 24 heavy (non-hydrogen) atoms. The number of rotatable bonds is 3. The number of benzene rings is 2. The maximum absolute atomic E-state index is 6.40. The molecule has 0 saturated carbocycles. The zero-order valence-electron chi connectivity index (χ0n) is 13.0. The normalized spacial score (nSPS) is 16.1. The lowest BCUT2D eigenvalue weighted by atomic mass is 10.0. The van der Waals surface area contributed by atoms with Gasteiger partial charge in [0, 0.05) is 10.7 Å². The Hall–Kier alpha value is -2.79. The SMILES string of the molecule is COc1ccc(C2=C[C@H](c3ccccc3Cl)n3ncnc3N2)cc1. The summed E-state index contributed by atoms with van der Waals surface area (Å²) in [6, 6.07) is 15.5. The van der Waals surface area contributed by atoms with Gasteiger partial charge in [-0.05, 0) is 47.5 Å². The Balaban J connectivity index is 1.80. The van der Waals surface area contributed by atoms with E-state index in [1.807, 2.05) is 53.2 Å². The first kappa shape index (κ1) is 14.8. The summed E-state index contributed by atoms with van der Waals surface area (Å²) in [6.07, 6.45) is 3.64. The Morgan fingerprint density at radius 2 is 1.92 bits per heavy atom.